The van der Waals surface area contributed by atoms with Crippen LogP contribution >= 0.6 is 0 Å². The van der Waals surface area contributed by atoms with E-state index < -0.39 is 12.1 Å². The lowest BCUT2D eigenvalue weighted by molar-refractivity contribution is -0.165. The summed E-state index contributed by atoms with van der Waals surface area (Å²) in [5.74, 6) is -0.804. The summed E-state index contributed by atoms with van der Waals surface area (Å²) in [5.41, 5.74) is 0. The number of hydrogen-bond acceptors (Lipinski definition) is 4. The topological polar surface area (TPSA) is 76.1 Å². The van der Waals surface area contributed by atoms with Crippen molar-refractivity contribution in [1.82, 2.24) is 4.90 Å². The average molecular weight is 229 g/mol. The van der Waals surface area contributed by atoms with Crippen molar-refractivity contribution in [3.8, 4) is 0 Å². The first-order valence-corrected chi connectivity index (χ1v) is 5.36. The molecule has 0 spiro atoms. The largest absolute Gasteiger partial charge is 0.481 e. The fourth-order valence-corrected chi connectivity index (χ4v) is 1.96. The van der Waals surface area contributed by atoms with Crippen LogP contribution in [0.25, 0.3) is 0 Å². The standard InChI is InChI=1S/C10H15NO5/c12-9(13)3-7-4-11(5-7)10(14)8-6-15-1-2-16-8/h7-8H,1-6H2,(H,12,13). The van der Waals surface area contributed by atoms with Gasteiger partial charge in [-0.1, -0.05) is 0 Å². The SMILES string of the molecule is O=C(O)CC1CN(C(=O)C2COCCO2)C1. The van der Waals surface area contributed by atoms with Crippen LogP contribution in [0.1, 0.15) is 6.42 Å². The number of amides is 1. The number of aliphatic carboxylic acids is 1. The normalized spacial score (nSPS) is 26.2. The molecule has 0 radical (unpaired) electrons. The summed E-state index contributed by atoms with van der Waals surface area (Å²) in [7, 11) is 0. The van der Waals surface area contributed by atoms with Crippen LogP contribution in [0.15, 0.2) is 0 Å². The molecule has 1 amide bonds. The summed E-state index contributed by atoms with van der Waals surface area (Å²) in [4.78, 5) is 23.8. The molecule has 90 valence electrons. The van der Waals surface area contributed by atoms with Crippen LogP contribution in [0, 0.1) is 5.92 Å². The van der Waals surface area contributed by atoms with Crippen LogP contribution in [-0.2, 0) is 19.1 Å². The van der Waals surface area contributed by atoms with E-state index in [0.29, 0.717) is 32.9 Å². The molecule has 2 rings (SSSR count). The molecule has 0 aromatic heterocycles. The Labute approximate surface area is 93.1 Å². The van der Waals surface area contributed by atoms with Gasteiger partial charge in [0.2, 0.25) is 0 Å². The van der Waals surface area contributed by atoms with Crippen molar-refractivity contribution in [1.29, 1.82) is 0 Å². The number of carboxylic acid groups (broad SMARTS) is 1. The van der Waals surface area contributed by atoms with Crippen LogP contribution in [0.2, 0.25) is 0 Å². The van der Waals surface area contributed by atoms with E-state index in [1.165, 1.54) is 0 Å². The number of likely N-dealkylation sites (tertiary alicyclic amines) is 1. The Bertz CT molecular complexity index is 281. The van der Waals surface area contributed by atoms with Crippen LogP contribution in [-0.4, -0.2) is 60.9 Å². The maximum atomic E-state index is 11.8. The minimum Gasteiger partial charge on any atom is -0.481 e. The zero-order chi connectivity index (χ0) is 11.5. The molecule has 2 fully saturated rings. The van der Waals surface area contributed by atoms with Crippen molar-refractivity contribution < 1.29 is 24.2 Å². The Hall–Kier alpha value is -1.14. The minimum atomic E-state index is -0.811. The predicted molar refractivity (Wildman–Crippen MR) is 52.9 cm³/mol. The van der Waals surface area contributed by atoms with Gasteiger partial charge in [-0.2, -0.15) is 0 Å². The predicted octanol–water partition coefficient (Wildman–Crippen LogP) is -0.665. The molecular weight excluding hydrogens is 214 g/mol. The van der Waals surface area contributed by atoms with Gasteiger partial charge in [-0.15, -0.1) is 0 Å². The quantitative estimate of drug-likeness (QED) is 0.695. The zero-order valence-electron chi connectivity index (χ0n) is 8.92. The number of carbonyl (C=O) groups excluding carboxylic acids is 1. The van der Waals surface area contributed by atoms with Gasteiger partial charge in [0.05, 0.1) is 26.2 Å². The Morgan fingerprint density at radius 3 is 2.62 bits per heavy atom. The summed E-state index contributed by atoms with van der Waals surface area (Å²) >= 11 is 0. The van der Waals surface area contributed by atoms with Gasteiger partial charge in [0, 0.05) is 19.0 Å². The van der Waals surface area contributed by atoms with E-state index in [9.17, 15) is 9.59 Å². The number of nitrogens with zero attached hydrogens (tertiary/aromatic N) is 1. The molecule has 2 heterocycles. The summed E-state index contributed by atoms with van der Waals surface area (Å²) in [6, 6.07) is 0. The van der Waals surface area contributed by atoms with Gasteiger partial charge < -0.3 is 19.5 Å². The summed E-state index contributed by atoms with van der Waals surface area (Å²) in [6.07, 6.45) is -0.370. The number of ether oxygens (including phenoxy) is 2. The lowest BCUT2D eigenvalue weighted by Gasteiger charge is -2.40. The molecule has 6 heteroatoms. The third-order valence-electron chi connectivity index (χ3n) is 2.82. The van der Waals surface area contributed by atoms with Gasteiger partial charge in [0.25, 0.3) is 5.91 Å². The molecule has 1 atom stereocenters. The van der Waals surface area contributed by atoms with Gasteiger partial charge in [-0.3, -0.25) is 9.59 Å². The summed E-state index contributed by atoms with van der Waals surface area (Å²) in [6.45, 7) is 2.32. The molecule has 0 saturated carbocycles. The van der Waals surface area contributed by atoms with Crippen molar-refractivity contribution in [2.45, 2.75) is 12.5 Å². The number of carboxylic acids is 1. The summed E-state index contributed by atoms with van der Waals surface area (Å²) < 4.78 is 10.4. The minimum absolute atomic E-state index is 0.0821. The van der Waals surface area contributed by atoms with Crippen LogP contribution in [0.5, 0.6) is 0 Å². The fourth-order valence-electron chi connectivity index (χ4n) is 1.96. The first-order valence-electron chi connectivity index (χ1n) is 5.36. The smallest absolute Gasteiger partial charge is 0.303 e. The van der Waals surface area contributed by atoms with E-state index in [0.717, 1.165) is 0 Å². The Balaban J connectivity index is 1.74. The second-order valence-electron chi connectivity index (χ2n) is 4.14. The first-order chi connectivity index (χ1) is 7.66. The van der Waals surface area contributed by atoms with Gasteiger partial charge >= 0.3 is 5.97 Å². The van der Waals surface area contributed by atoms with E-state index in [4.69, 9.17) is 14.6 Å². The van der Waals surface area contributed by atoms with Gasteiger partial charge in [-0.05, 0) is 0 Å². The Kier molecular flexibility index (Phi) is 3.40. The highest BCUT2D eigenvalue weighted by molar-refractivity contribution is 5.82. The monoisotopic (exact) mass is 229 g/mol. The molecule has 0 aliphatic carbocycles. The van der Waals surface area contributed by atoms with Crippen molar-refractivity contribution in [3.05, 3.63) is 0 Å². The van der Waals surface area contributed by atoms with Crippen LogP contribution in [0.3, 0.4) is 0 Å². The van der Waals surface area contributed by atoms with Crippen molar-refractivity contribution in [2.75, 3.05) is 32.9 Å². The number of carbonyl (C=O) groups is 2. The van der Waals surface area contributed by atoms with E-state index in [2.05, 4.69) is 0 Å². The van der Waals surface area contributed by atoms with E-state index in [-0.39, 0.29) is 18.2 Å². The lowest BCUT2D eigenvalue weighted by Crippen LogP contribution is -2.55. The molecule has 0 aromatic carbocycles. The molecule has 6 nitrogen and oxygen atoms in total. The highest BCUT2D eigenvalue weighted by atomic mass is 16.6. The van der Waals surface area contributed by atoms with Crippen molar-refractivity contribution in [3.63, 3.8) is 0 Å². The van der Waals surface area contributed by atoms with Gasteiger partial charge in [0.1, 0.15) is 0 Å². The summed E-state index contributed by atoms with van der Waals surface area (Å²) in [5, 5.41) is 8.57. The molecule has 2 aliphatic rings. The van der Waals surface area contributed by atoms with Gasteiger partial charge in [0.15, 0.2) is 6.10 Å². The molecule has 2 aliphatic heterocycles. The first kappa shape index (κ1) is 11.3. The maximum absolute atomic E-state index is 11.8. The van der Waals surface area contributed by atoms with Crippen molar-refractivity contribution >= 4 is 11.9 Å². The van der Waals surface area contributed by atoms with E-state index in [1.807, 2.05) is 0 Å². The molecule has 1 N–H and O–H groups in total. The van der Waals surface area contributed by atoms with E-state index >= 15 is 0 Å². The third kappa shape index (κ3) is 2.51. The highest BCUT2D eigenvalue weighted by Crippen LogP contribution is 2.21. The molecule has 16 heavy (non-hydrogen) atoms. The van der Waals surface area contributed by atoms with Crippen LogP contribution in [0.4, 0.5) is 0 Å². The molecule has 2 saturated heterocycles. The maximum Gasteiger partial charge on any atom is 0.303 e. The Morgan fingerprint density at radius 1 is 1.31 bits per heavy atom. The number of rotatable bonds is 3. The van der Waals surface area contributed by atoms with Crippen LogP contribution < -0.4 is 0 Å². The highest BCUT2D eigenvalue weighted by Gasteiger charge is 2.36. The second kappa shape index (κ2) is 4.80. The van der Waals surface area contributed by atoms with E-state index in [1.54, 1.807) is 4.90 Å². The molecule has 0 aromatic rings. The molecule has 1 unspecified atom stereocenters. The van der Waals surface area contributed by atoms with Gasteiger partial charge in [-0.25, -0.2) is 0 Å². The zero-order valence-corrected chi connectivity index (χ0v) is 8.92. The average Bonchev–Trinajstić information content (AvgIpc) is 2.23. The number of hydrogen-bond donors (Lipinski definition) is 1. The second-order valence-corrected chi connectivity index (χ2v) is 4.14. The molecular formula is C10H15NO5. The third-order valence-corrected chi connectivity index (χ3v) is 2.82. The lowest BCUT2D eigenvalue weighted by atomic mass is 9.96. The molecule has 0 bridgehead atoms. The Morgan fingerprint density at radius 2 is 2.06 bits per heavy atom. The fraction of sp³-hybridized carbons (Fsp3) is 0.800. The van der Waals surface area contributed by atoms with Crippen molar-refractivity contribution in [2.24, 2.45) is 5.92 Å².